The first-order valence-corrected chi connectivity index (χ1v) is 8.86. The average molecular weight is 341 g/mol. The largest absolute Gasteiger partial charge is 0.486 e. The van der Waals surface area contributed by atoms with Crippen molar-refractivity contribution in [2.45, 2.75) is 44.8 Å². The van der Waals surface area contributed by atoms with E-state index in [1.54, 1.807) is 4.90 Å². The second-order valence-corrected chi connectivity index (χ2v) is 7.03. The van der Waals surface area contributed by atoms with Crippen molar-refractivity contribution in [1.82, 2.24) is 15.1 Å². The third kappa shape index (κ3) is 3.34. The molecule has 1 aliphatic heterocycles. The van der Waals surface area contributed by atoms with Gasteiger partial charge in [0, 0.05) is 17.7 Å². The molecule has 25 heavy (non-hydrogen) atoms. The molecule has 0 bridgehead atoms. The standard InChI is InChI=1S/C19H23N3O3/c1-12(2)22(19(23)16-9-15(20-21-16)13-7-8-13)10-14-11-24-17-5-3-4-6-18(17)25-14/h3-6,9,12-14H,7-8,10-11H2,1-2H3,(H,20,21)/t14-/m1/s1. The van der Waals surface area contributed by atoms with Crippen LogP contribution >= 0.6 is 0 Å². The van der Waals surface area contributed by atoms with E-state index in [1.807, 2.05) is 44.2 Å². The summed E-state index contributed by atoms with van der Waals surface area (Å²) in [6.45, 7) is 4.91. The summed E-state index contributed by atoms with van der Waals surface area (Å²) in [5, 5.41) is 7.23. The van der Waals surface area contributed by atoms with Gasteiger partial charge < -0.3 is 14.4 Å². The van der Waals surface area contributed by atoms with Crippen molar-refractivity contribution in [3.8, 4) is 11.5 Å². The number of nitrogens with zero attached hydrogens (tertiary/aromatic N) is 2. The Labute approximate surface area is 147 Å². The summed E-state index contributed by atoms with van der Waals surface area (Å²) in [6.07, 6.45) is 2.16. The predicted molar refractivity (Wildman–Crippen MR) is 93.1 cm³/mol. The van der Waals surface area contributed by atoms with Gasteiger partial charge in [0.1, 0.15) is 12.3 Å². The van der Waals surface area contributed by atoms with Crippen LogP contribution in [0.25, 0.3) is 0 Å². The molecule has 132 valence electrons. The molecule has 0 spiro atoms. The van der Waals surface area contributed by atoms with Crippen molar-refractivity contribution >= 4 is 5.91 Å². The van der Waals surface area contributed by atoms with E-state index in [0.717, 1.165) is 17.2 Å². The van der Waals surface area contributed by atoms with E-state index in [2.05, 4.69) is 10.2 Å². The topological polar surface area (TPSA) is 67.5 Å². The van der Waals surface area contributed by atoms with Crippen LogP contribution in [-0.2, 0) is 0 Å². The highest BCUT2D eigenvalue weighted by Gasteiger charge is 2.30. The molecule has 2 aromatic rings. The number of carbonyl (C=O) groups is 1. The Hall–Kier alpha value is -2.50. The van der Waals surface area contributed by atoms with Gasteiger partial charge in [-0.2, -0.15) is 5.10 Å². The number of aromatic nitrogens is 2. The lowest BCUT2D eigenvalue weighted by Crippen LogP contribution is -2.46. The van der Waals surface area contributed by atoms with E-state index >= 15 is 0 Å². The smallest absolute Gasteiger partial charge is 0.274 e. The normalized spacial score (nSPS) is 19.1. The van der Waals surface area contributed by atoms with Gasteiger partial charge in [0.2, 0.25) is 0 Å². The fourth-order valence-electron chi connectivity index (χ4n) is 3.10. The van der Waals surface area contributed by atoms with Gasteiger partial charge in [-0.05, 0) is 44.9 Å². The van der Waals surface area contributed by atoms with E-state index in [4.69, 9.17) is 9.47 Å². The molecule has 0 radical (unpaired) electrons. The fraction of sp³-hybridized carbons (Fsp3) is 0.474. The van der Waals surface area contributed by atoms with E-state index < -0.39 is 0 Å². The summed E-state index contributed by atoms with van der Waals surface area (Å²) < 4.78 is 11.8. The molecule has 6 heteroatoms. The van der Waals surface area contributed by atoms with Crippen LogP contribution in [0.2, 0.25) is 0 Å². The lowest BCUT2D eigenvalue weighted by Gasteiger charge is -2.33. The zero-order valence-electron chi connectivity index (χ0n) is 14.6. The Morgan fingerprint density at radius 3 is 2.80 bits per heavy atom. The van der Waals surface area contributed by atoms with E-state index in [1.165, 1.54) is 12.8 Å². The Bertz CT molecular complexity index is 767. The van der Waals surface area contributed by atoms with Gasteiger partial charge in [-0.1, -0.05) is 12.1 Å². The van der Waals surface area contributed by atoms with Crippen molar-refractivity contribution in [2.24, 2.45) is 0 Å². The van der Waals surface area contributed by atoms with Crippen molar-refractivity contribution in [3.05, 3.63) is 41.7 Å². The first-order valence-electron chi connectivity index (χ1n) is 8.86. The monoisotopic (exact) mass is 341 g/mol. The Balaban J connectivity index is 1.46. The quantitative estimate of drug-likeness (QED) is 0.908. The molecule has 1 aromatic carbocycles. The Morgan fingerprint density at radius 1 is 1.32 bits per heavy atom. The number of hydrogen-bond donors (Lipinski definition) is 1. The van der Waals surface area contributed by atoms with Crippen LogP contribution < -0.4 is 9.47 Å². The average Bonchev–Trinajstić information content (AvgIpc) is 3.35. The van der Waals surface area contributed by atoms with Crippen LogP contribution in [-0.4, -0.2) is 46.3 Å². The summed E-state index contributed by atoms with van der Waals surface area (Å²) in [4.78, 5) is 14.7. The third-order valence-corrected chi connectivity index (χ3v) is 4.69. The van der Waals surface area contributed by atoms with Crippen LogP contribution in [0.1, 0.15) is 48.8 Å². The number of fused-ring (bicyclic) bond motifs is 1. The molecule has 1 atom stereocenters. The molecule has 2 heterocycles. The number of rotatable bonds is 5. The number of hydrogen-bond acceptors (Lipinski definition) is 4. The molecule has 1 fully saturated rings. The van der Waals surface area contributed by atoms with Gasteiger partial charge >= 0.3 is 0 Å². The fourth-order valence-corrected chi connectivity index (χ4v) is 3.10. The first kappa shape index (κ1) is 16.0. The van der Waals surface area contributed by atoms with Gasteiger partial charge in [-0.25, -0.2) is 0 Å². The van der Waals surface area contributed by atoms with Crippen molar-refractivity contribution in [3.63, 3.8) is 0 Å². The molecule has 4 rings (SSSR count). The first-order chi connectivity index (χ1) is 12.1. The molecule has 0 saturated heterocycles. The molecular formula is C19H23N3O3. The number of H-pyrrole nitrogens is 1. The molecule has 1 N–H and O–H groups in total. The Kier molecular flexibility index (Phi) is 4.11. The number of aromatic amines is 1. The summed E-state index contributed by atoms with van der Waals surface area (Å²) in [7, 11) is 0. The number of nitrogens with one attached hydrogen (secondary N) is 1. The summed E-state index contributed by atoms with van der Waals surface area (Å²) in [5.74, 6) is 1.96. The van der Waals surface area contributed by atoms with Crippen molar-refractivity contribution in [2.75, 3.05) is 13.2 Å². The predicted octanol–water partition coefficient (Wildman–Crippen LogP) is 2.98. The highest BCUT2D eigenvalue weighted by Crippen LogP contribution is 2.39. The lowest BCUT2D eigenvalue weighted by atomic mass is 10.2. The minimum Gasteiger partial charge on any atom is -0.486 e. The summed E-state index contributed by atoms with van der Waals surface area (Å²) in [5.41, 5.74) is 1.55. The van der Waals surface area contributed by atoms with Crippen molar-refractivity contribution < 1.29 is 14.3 Å². The van der Waals surface area contributed by atoms with E-state index in [-0.39, 0.29) is 18.1 Å². The molecule has 6 nitrogen and oxygen atoms in total. The second-order valence-electron chi connectivity index (χ2n) is 7.03. The second kappa shape index (κ2) is 6.43. The van der Waals surface area contributed by atoms with Gasteiger partial charge in [-0.3, -0.25) is 9.89 Å². The summed E-state index contributed by atoms with van der Waals surface area (Å²) in [6, 6.07) is 9.55. The Morgan fingerprint density at radius 2 is 2.08 bits per heavy atom. The molecule has 0 unspecified atom stereocenters. The highest BCUT2D eigenvalue weighted by atomic mass is 16.6. The number of amides is 1. The minimum absolute atomic E-state index is 0.0503. The van der Waals surface area contributed by atoms with E-state index in [9.17, 15) is 4.79 Å². The van der Waals surface area contributed by atoms with Crippen molar-refractivity contribution in [1.29, 1.82) is 0 Å². The molecule has 1 saturated carbocycles. The van der Waals surface area contributed by atoms with Gasteiger partial charge in [0.15, 0.2) is 17.6 Å². The maximum absolute atomic E-state index is 12.9. The SMILES string of the molecule is CC(C)N(C[C@@H]1COc2ccccc2O1)C(=O)c1cc(C2CC2)[nH]n1. The minimum atomic E-state index is -0.192. The van der Waals surface area contributed by atoms with Gasteiger partial charge in [-0.15, -0.1) is 0 Å². The number of para-hydroxylation sites is 2. The molecule has 2 aliphatic rings. The number of carbonyl (C=O) groups excluding carboxylic acids is 1. The molecule has 1 aromatic heterocycles. The van der Waals surface area contributed by atoms with E-state index in [0.29, 0.717) is 24.8 Å². The zero-order valence-corrected chi connectivity index (χ0v) is 14.6. The molecular weight excluding hydrogens is 318 g/mol. The number of ether oxygens (including phenoxy) is 2. The molecule has 1 amide bonds. The van der Waals surface area contributed by atoms with Gasteiger partial charge in [0.25, 0.3) is 5.91 Å². The van der Waals surface area contributed by atoms with Crippen LogP contribution in [0.3, 0.4) is 0 Å². The maximum atomic E-state index is 12.9. The maximum Gasteiger partial charge on any atom is 0.274 e. The third-order valence-electron chi connectivity index (χ3n) is 4.69. The van der Waals surface area contributed by atoms with Crippen LogP contribution in [0, 0.1) is 0 Å². The zero-order chi connectivity index (χ0) is 17.4. The van der Waals surface area contributed by atoms with Crippen LogP contribution in [0.5, 0.6) is 11.5 Å². The molecule has 1 aliphatic carbocycles. The highest BCUT2D eigenvalue weighted by molar-refractivity contribution is 5.92. The van der Waals surface area contributed by atoms with Crippen LogP contribution in [0.15, 0.2) is 30.3 Å². The lowest BCUT2D eigenvalue weighted by molar-refractivity contribution is 0.0389. The van der Waals surface area contributed by atoms with Gasteiger partial charge in [0.05, 0.1) is 6.54 Å². The number of benzene rings is 1. The summed E-state index contributed by atoms with van der Waals surface area (Å²) >= 11 is 0. The van der Waals surface area contributed by atoms with Crippen LogP contribution in [0.4, 0.5) is 0 Å².